The number of carbonyl (C=O) groups excluding carboxylic acids is 1. The van der Waals surface area contributed by atoms with Gasteiger partial charge in [-0.05, 0) is 56.5 Å². The van der Waals surface area contributed by atoms with Crippen LogP contribution in [0.4, 0.5) is 5.69 Å². The predicted molar refractivity (Wildman–Crippen MR) is 92.9 cm³/mol. The highest BCUT2D eigenvalue weighted by Crippen LogP contribution is 2.25. The first-order valence-electron chi connectivity index (χ1n) is 7.85. The number of aryl methyl sites for hydroxylation is 1. The van der Waals surface area contributed by atoms with Gasteiger partial charge in [0.1, 0.15) is 0 Å². The molecule has 1 amide bonds. The van der Waals surface area contributed by atoms with Crippen molar-refractivity contribution in [3.05, 3.63) is 51.2 Å². The molecule has 1 aliphatic rings. The standard InChI is InChI=1S/C18H22N2OS/c1-12(11-14-9-8-13(2)22-14)20-18(21)16-5-3-7-17-15(16)6-4-10-19-17/h3,5,7-9,12,19H,4,6,10-11H2,1-2H3,(H,20,21). The fourth-order valence-corrected chi connectivity index (χ4v) is 3.99. The highest BCUT2D eigenvalue weighted by atomic mass is 32.1. The summed E-state index contributed by atoms with van der Waals surface area (Å²) in [6, 6.07) is 10.4. The Kier molecular flexibility index (Phi) is 4.48. The van der Waals surface area contributed by atoms with Gasteiger partial charge in [0.15, 0.2) is 0 Å². The van der Waals surface area contributed by atoms with Gasteiger partial charge in [0.2, 0.25) is 0 Å². The molecule has 1 aromatic carbocycles. The molecule has 116 valence electrons. The molecule has 0 spiro atoms. The largest absolute Gasteiger partial charge is 0.385 e. The molecular formula is C18H22N2OS. The van der Waals surface area contributed by atoms with E-state index in [1.54, 1.807) is 11.3 Å². The summed E-state index contributed by atoms with van der Waals surface area (Å²) < 4.78 is 0. The number of fused-ring (bicyclic) bond motifs is 1. The molecule has 3 rings (SSSR count). The Balaban J connectivity index is 1.69. The fourth-order valence-electron chi connectivity index (χ4n) is 2.97. The molecule has 1 unspecified atom stereocenters. The Hall–Kier alpha value is -1.81. The van der Waals surface area contributed by atoms with E-state index in [2.05, 4.69) is 42.7 Å². The van der Waals surface area contributed by atoms with Crippen LogP contribution in [0.25, 0.3) is 0 Å². The van der Waals surface area contributed by atoms with E-state index >= 15 is 0 Å². The number of amides is 1. The summed E-state index contributed by atoms with van der Waals surface area (Å²) in [5, 5.41) is 6.52. The number of hydrogen-bond donors (Lipinski definition) is 2. The number of rotatable bonds is 4. The molecule has 4 heteroatoms. The number of benzene rings is 1. The minimum absolute atomic E-state index is 0.0429. The van der Waals surface area contributed by atoms with Crippen LogP contribution in [0.5, 0.6) is 0 Å². The maximum atomic E-state index is 12.6. The predicted octanol–water partition coefficient (Wildman–Crippen LogP) is 3.78. The summed E-state index contributed by atoms with van der Waals surface area (Å²) >= 11 is 1.80. The molecule has 2 aromatic rings. The Morgan fingerprint density at radius 1 is 1.36 bits per heavy atom. The maximum absolute atomic E-state index is 12.6. The van der Waals surface area contributed by atoms with E-state index < -0.39 is 0 Å². The lowest BCUT2D eigenvalue weighted by Gasteiger charge is -2.21. The second-order valence-corrected chi connectivity index (χ2v) is 7.33. The van der Waals surface area contributed by atoms with Crippen LogP contribution in [0.2, 0.25) is 0 Å². The number of thiophene rings is 1. The van der Waals surface area contributed by atoms with Gasteiger partial charge in [-0.2, -0.15) is 0 Å². The molecule has 2 heterocycles. The smallest absolute Gasteiger partial charge is 0.251 e. The number of hydrogen-bond acceptors (Lipinski definition) is 3. The third-order valence-electron chi connectivity index (χ3n) is 4.02. The van der Waals surface area contributed by atoms with Gasteiger partial charge in [0, 0.05) is 40.0 Å². The first-order valence-corrected chi connectivity index (χ1v) is 8.67. The summed E-state index contributed by atoms with van der Waals surface area (Å²) in [6.45, 7) is 5.17. The van der Waals surface area contributed by atoms with Gasteiger partial charge in [-0.3, -0.25) is 4.79 Å². The highest BCUT2D eigenvalue weighted by Gasteiger charge is 2.18. The third-order valence-corrected chi connectivity index (χ3v) is 5.04. The molecule has 0 saturated carbocycles. The van der Waals surface area contributed by atoms with Gasteiger partial charge in [0.25, 0.3) is 5.91 Å². The SMILES string of the molecule is Cc1ccc(CC(C)NC(=O)c2cccc3c2CCCN3)s1. The highest BCUT2D eigenvalue weighted by molar-refractivity contribution is 7.11. The van der Waals surface area contributed by atoms with E-state index in [0.29, 0.717) is 0 Å². The Bertz CT molecular complexity index is 677. The summed E-state index contributed by atoms with van der Waals surface area (Å²) in [6.07, 6.45) is 2.95. The van der Waals surface area contributed by atoms with Gasteiger partial charge in [0.05, 0.1) is 0 Å². The van der Waals surface area contributed by atoms with Crippen molar-refractivity contribution in [3.63, 3.8) is 0 Å². The van der Waals surface area contributed by atoms with E-state index in [1.807, 2.05) is 12.1 Å². The zero-order chi connectivity index (χ0) is 15.5. The topological polar surface area (TPSA) is 41.1 Å². The second kappa shape index (κ2) is 6.53. The van der Waals surface area contributed by atoms with Crippen LogP contribution in [0.15, 0.2) is 30.3 Å². The van der Waals surface area contributed by atoms with Crippen molar-refractivity contribution in [1.29, 1.82) is 0 Å². The van der Waals surface area contributed by atoms with Crippen molar-refractivity contribution in [2.24, 2.45) is 0 Å². The van der Waals surface area contributed by atoms with E-state index in [-0.39, 0.29) is 11.9 Å². The van der Waals surface area contributed by atoms with Crippen molar-refractivity contribution in [3.8, 4) is 0 Å². The van der Waals surface area contributed by atoms with Crippen LogP contribution in [-0.4, -0.2) is 18.5 Å². The van der Waals surface area contributed by atoms with Crippen LogP contribution < -0.4 is 10.6 Å². The molecule has 0 aliphatic carbocycles. The first-order chi connectivity index (χ1) is 10.6. The fraction of sp³-hybridized carbons (Fsp3) is 0.389. The third kappa shape index (κ3) is 3.33. The molecule has 0 fully saturated rings. The molecule has 22 heavy (non-hydrogen) atoms. The lowest BCUT2D eigenvalue weighted by molar-refractivity contribution is 0.0939. The maximum Gasteiger partial charge on any atom is 0.251 e. The van der Waals surface area contributed by atoms with Crippen LogP contribution in [0.3, 0.4) is 0 Å². The van der Waals surface area contributed by atoms with Gasteiger partial charge < -0.3 is 10.6 Å². The summed E-state index contributed by atoms with van der Waals surface area (Å²) in [5.74, 6) is 0.0429. The molecule has 0 radical (unpaired) electrons. The normalized spacial score (nSPS) is 14.8. The van der Waals surface area contributed by atoms with Crippen LogP contribution >= 0.6 is 11.3 Å². The number of carbonyl (C=O) groups is 1. The summed E-state index contributed by atoms with van der Waals surface area (Å²) in [5.41, 5.74) is 3.09. The molecule has 0 bridgehead atoms. The van der Waals surface area contributed by atoms with Gasteiger partial charge in [-0.25, -0.2) is 0 Å². The molecule has 0 saturated heterocycles. The zero-order valence-corrected chi connectivity index (χ0v) is 13.9. The van der Waals surface area contributed by atoms with Crippen molar-refractivity contribution < 1.29 is 4.79 Å². The van der Waals surface area contributed by atoms with Crippen molar-refractivity contribution in [2.45, 2.75) is 39.2 Å². The van der Waals surface area contributed by atoms with E-state index in [9.17, 15) is 4.79 Å². The average Bonchev–Trinajstić information content (AvgIpc) is 2.91. The first kappa shape index (κ1) is 15.1. The molecule has 1 aliphatic heterocycles. The van der Waals surface area contributed by atoms with Crippen molar-refractivity contribution >= 4 is 22.9 Å². The minimum Gasteiger partial charge on any atom is -0.385 e. The van der Waals surface area contributed by atoms with E-state index in [4.69, 9.17) is 0 Å². The molecule has 1 aromatic heterocycles. The Labute approximate surface area is 135 Å². The number of anilines is 1. The van der Waals surface area contributed by atoms with Crippen molar-refractivity contribution in [2.75, 3.05) is 11.9 Å². The molecular weight excluding hydrogens is 292 g/mol. The molecule has 2 N–H and O–H groups in total. The van der Waals surface area contributed by atoms with E-state index in [0.717, 1.165) is 42.6 Å². The zero-order valence-electron chi connectivity index (χ0n) is 13.1. The Morgan fingerprint density at radius 2 is 2.23 bits per heavy atom. The molecule has 3 nitrogen and oxygen atoms in total. The summed E-state index contributed by atoms with van der Waals surface area (Å²) in [7, 11) is 0. The van der Waals surface area contributed by atoms with Gasteiger partial charge in [-0.1, -0.05) is 6.07 Å². The quantitative estimate of drug-likeness (QED) is 0.902. The van der Waals surface area contributed by atoms with E-state index in [1.165, 1.54) is 9.75 Å². The van der Waals surface area contributed by atoms with Crippen LogP contribution in [0, 0.1) is 6.92 Å². The molecule has 1 atom stereocenters. The minimum atomic E-state index is 0.0429. The number of nitrogens with one attached hydrogen (secondary N) is 2. The lowest BCUT2D eigenvalue weighted by Crippen LogP contribution is -2.34. The van der Waals surface area contributed by atoms with Crippen LogP contribution in [0.1, 0.15) is 39.0 Å². The van der Waals surface area contributed by atoms with Crippen molar-refractivity contribution in [1.82, 2.24) is 5.32 Å². The second-order valence-electron chi connectivity index (χ2n) is 5.95. The van der Waals surface area contributed by atoms with Gasteiger partial charge >= 0.3 is 0 Å². The average molecular weight is 314 g/mol. The Morgan fingerprint density at radius 3 is 3.00 bits per heavy atom. The monoisotopic (exact) mass is 314 g/mol. The summed E-state index contributed by atoms with van der Waals surface area (Å²) in [4.78, 5) is 15.2. The van der Waals surface area contributed by atoms with Gasteiger partial charge in [-0.15, -0.1) is 11.3 Å². The van der Waals surface area contributed by atoms with Crippen LogP contribution in [-0.2, 0) is 12.8 Å². The lowest BCUT2D eigenvalue weighted by atomic mass is 9.97.